The Labute approximate surface area is 170 Å². The first kappa shape index (κ1) is 18.3. The number of rotatable bonds is 5. The van der Waals surface area contributed by atoms with E-state index < -0.39 is 4.92 Å². The number of anilines is 1. The van der Waals surface area contributed by atoms with E-state index in [-0.39, 0.29) is 22.4 Å². The van der Waals surface area contributed by atoms with Crippen LogP contribution in [-0.4, -0.2) is 10.8 Å². The van der Waals surface area contributed by atoms with Gasteiger partial charge < -0.3 is 5.32 Å². The number of amides is 1. The number of hydrogen-bond donors (Lipinski definition) is 1. The predicted molar refractivity (Wildman–Crippen MR) is 112 cm³/mol. The van der Waals surface area contributed by atoms with Crippen molar-refractivity contribution in [1.82, 2.24) is 0 Å². The molecule has 2 atom stereocenters. The second-order valence-corrected chi connectivity index (χ2v) is 9.61. The summed E-state index contributed by atoms with van der Waals surface area (Å²) in [5.41, 5.74) is 1.90. The van der Waals surface area contributed by atoms with Crippen molar-refractivity contribution in [3.63, 3.8) is 0 Å². The molecule has 1 N–H and O–H groups in total. The number of nitro benzene ring substituents is 1. The highest BCUT2D eigenvalue weighted by molar-refractivity contribution is 5.93. The maximum atomic E-state index is 13.0. The van der Waals surface area contributed by atoms with E-state index in [1.54, 1.807) is 18.2 Å². The first-order valence-corrected chi connectivity index (χ1v) is 10.6. The number of para-hydroxylation sites is 2. The average molecular weight is 390 g/mol. The summed E-state index contributed by atoms with van der Waals surface area (Å²) in [5, 5.41) is 14.1. The highest BCUT2D eigenvalue weighted by Crippen LogP contribution is 2.66. The lowest BCUT2D eigenvalue weighted by Crippen LogP contribution is -2.54. The van der Waals surface area contributed by atoms with Crippen LogP contribution in [0.5, 0.6) is 0 Å². The lowest BCUT2D eigenvalue weighted by Gasteiger charge is -2.62. The van der Waals surface area contributed by atoms with Gasteiger partial charge in [0.05, 0.1) is 4.92 Å². The van der Waals surface area contributed by atoms with Crippen LogP contribution in [0.1, 0.15) is 50.5 Å². The molecule has 5 heteroatoms. The molecule has 0 heterocycles. The van der Waals surface area contributed by atoms with Gasteiger partial charge in [-0.15, -0.1) is 0 Å². The highest BCUT2D eigenvalue weighted by atomic mass is 16.6. The van der Waals surface area contributed by atoms with Gasteiger partial charge in [0.15, 0.2) is 0 Å². The van der Waals surface area contributed by atoms with Crippen LogP contribution in [0.2, 0.25) is 0 Å². The monoisotopic (exact) mass is 390 g/mol. The van der Waals surface area contributed by atoms with Gasteiger partial charge in [-0.1, -0.05) is 42.5 Å². The Morgan fingerprint density at radius 1 is 1.00 bits per heavy atom. The molecule has 2 unspecified atom stereocenters. The van der Waals surface area contributed by atoms with Crippen molar-refractivity contribution in [2.24, 2.45) is 17.3 Å². The van der Waals surface area contributed by atoms with Crippen molar-refractivity contribution in [3.8, 4) is 0 Å². The molecular formula is C24H26N2O3. The summed E-state index contributed by atoms with van der Waals surface area (Å²) in [4.78, 5) is 23.8. The highest BCUT2D eigenvalue weighted by Gasteiger charge is 2.58. The number of hydrogen-bond acceptors (Lipinski definition) is 3. The minimum absolute atomic E-state index is 0.0214. The zero-order chi connectivity index (χ0) is 20.1. The summed E-state index contributed by atoms with van der Waals surface area (Å²) in [5.74, 6) is 1.29. The smallest absolute Gasteiger partial charge is 0.292 e. The zero-order valence-corrected chi connectivity index (χ0v) is 16.5. The van der Waals surface area contributed by atoms with Crippen LogP contribution in [0.4, 0.5) is 11.4 Å². The minimum Gasteiger partial charge on any atom is -0.320 e. The molecule has 2 aromatic carbocycles. The van der Waals surface area contributed by atoms with E-state index in [1.807, 2.05) is 0 Å². The van der Waals surface area contributed by atoms with Gasteiger partial charge >= 0.3 is 0 Å². The summed E-state index contributed by atoms with van der Waals surface area (Å²) in [6.45, 7) is 0. The van der Waals surface area contributed by atoms with Gasteiger partial charge in [0.2, 0.25) is 5.91 Å². The molecule has 4 saturated carbocycles. The molecule has 0 spiro atoms. The van der Waals surface area contributed by atoms with Gasteiger partial charge in [-0.2, -0.15) is 0 Å². The van der Waals surface area contributed by atoms with Crippen LogP contribution < -0.4 is 5.32 Å². The molecule has 1 amide bonds. The van der Waals surface area contributed by atoms with Crippen LogP contribution in [-0.2, 0) is 10.2 Å². The topological polar surface area (TPSA) is 72.2 Å². The first-order chi connectivity index (χ1) is 14.0. The maximum absolute atomic E-state index is 13.0. The lowest BCUT2D eigenvalue weighted by atomic mass is 9.42. The third-order valence-corrected chi connectivity index (χ3v) is 7.48. The predicted octanol–water partition coefficient (Wildman–Crippen LogP) is 5.46. The Balaban J connectivity index is 1.39. The van der Waals surface area contributed by atoms with Gasteiger partial charge in [0.25, 0.3) is 5.69 Å². The average Bonchev–Trinajstić information content (AvgIpc) is 2.67. The van der Waals surface area contributed by atoms with Crippen molar-refractivity contribution in [3.05, 3.63) is 70.3 Å². The molecule has 5 nitrogen and oxygen atoms in total. The molecular weight excluding hydrogens is 364 g/mol. The number of nitro groups is 1. The Kier molecular flexibility index (Phi) is 4.23. The Hall–Kier alpha value is -2.69. The van der Waals surface area contributed by atoms with E-state index in [1.165, 1.54) is 30.9 Å². The molecule has 4 aliphatic rings. The fourth-order valence-electron chi connectivity index (χ4n) is 7.06. The SMILES string of the molecule is O=C(CC12CC3CC(C1)CC(c1ccccc1)(C3)C2)Nc1ccccc1[N+](=O)[O-]. The van der Waals surface area contributed by atoms with Crippen molar-refractivity contribution in [2.75, 3.05) is 5.32 Å². The molecule has 4 fully saturated rings. The normalized spacial score (nSPS) is 32.1. The summed E-state index contributed by atoms with van der Waals surface area (Å²) in [6.07, 6.45) is 7.51. The van der Waals surface area contributed by atoms with Gasteiger partial charge in [-0.05, 0) is 72.8 Å². The van der Waals surface area contributed by atoms with Gasteiger partial charge in [0.1, 0.15) is 5.69 Å². The van der Waals surface area contributed by atoms with Crippen LogP contribution in [0.15, 0.2) is 54.6 Å². The molecule has 2 aromatic rings. The Morgan fingerprint density at radius 3 is 2.34 bits per heavy atom. The fraction of sp³-hybridized carbons (Fsp3) is 0.458. The number of benzene rings is 2. The van der Waals surface area contributed by atoms with E-state index in [4.69, 9.17) is 0 Å². The largest absolute Gasteiger partial charge is 0.320 e. The molecule has 0 saturated heterocycles. The Bertz CT molecular complexity index is 942. The first-order valence-electron chi connectivity index (χ1n) is 10.6. The van der Waals surface area contributed by atoms with Gasteiger partial charge in [-0.25, -0.2) is 0 Å². The second kappa shape index (κ2) is 6.68. The minimum atomic E-state index is -0.440. The maximum Gasteiger partial charge on any atom is 0.292 e. The quantitative estimate of drug-likeness (QED) is 0.544. The molecule has 0 aliphatic heterocycles. The molecule has 4 bridgehead atoms. The zero-order valence-electron chi connectivity index (χ0n) is 16.5. The van der Waals surface area contributed by atoms with Crippen molar-refractivity contribution in [2.45, 2.75) is 50.4 Å². The standard InChI is InChI=1S/C24H26N2O3/c27-22(25-20-8-4-5-9-21(20)26(28)29)15-23-11-17-10-18(12-23)14-24(13-17,16-23)19-6-2-1-3-7-19/h1-9,17-18H,10-16H2,(H,25,27). The van der Waals surface area contributed by atoms with E-state index in [0.717, 1.165) is 19.3 Å². The van der Waals surface area contributed by atoms with Crippen LogP contribution in [0, 0.1) is 27.4 Å². The van der Waals surface area contributed by atoms with Gasteiger partial charge in [0, 0.05) is 12.5 Å². The van der Waals surface area contributed by atoms with E-state index >= 15 is 0 Å². The van der Waals surface area contributed by atoms with Crippen LogP contribution in [0.3, 0.4) is 0 Å². The molecule has 4 aliphatic carbocycles. The third-order valence-electron chi connectivity index (χ3n) is 7.48. The second-order valence-electron chi connectivity index (χ2n) is 9.61. The fourth-order valence-corrected chi connectivity index (χ4v) is 7.06. The van der Waals surface area contributed by atoms with E-state index in [0.29, 0.717) is 23.9 Å². The van der Waals surface area contributed by atoms with E-state index in [2.05, 4.69) is 35.6 Å². The molecule has 150 valence electrons. The van der Waals surface area contributed by atoms with Crippen molar-refractivity contribution < 1.29 is 9.72 Å². The van der Waals surface area contributed by atoms with E-state index in [9.17, 15) is 14.9 Å². The Morgan fingerprint density at radius 2 is 1.66 bits per heavy atom. The number of nitrogens with one attached hydrogen (secondary N) is 1. The number of carbonyl (C=O) groups excluding carboxylic acids is 1. The number of carbonyl (C=O) groups is 1. The molecule has 0 radical (unpaired) electrons. The molecule has 6 rings (SSSR count). The van der Waals surface area contributed by atoms with Crippen molar-refractivity contribution >= 4 is 17.3 Å². The van der Waals surface area contributed by atoms with Crippen LogP contribution >= 0.6 is 0 Å². The van der Waals surface area contributed by atoms with Crippen LogP contribution in [0.25, 0.3) is 0 Å². The van der Waals surface area contributed by atoms with Crippen molar-refractivity contribution in [1.29, 1.82) is 0 Å². The summed E-state index contributed by atoms with van der Waals surface area (Å²) >= 11 is 0. The van der Waals surface area contributed by atoms with Gasteiger partial charge in [-0.3, -0.25) is 14.9 Å². The molecule has 0 aromatic heterocycles. The third kappa shape index (κ3) is 3.22. The summed E-state index contributed by atoms with van der Waals surface area (Å²) < 4.78 is 0. The summed E-state index contributed by atoms with van der Waals surface area (Å²) in [7, 11) is 0. The number of nitrogens with zero attached hydrogens (tertiary/aromatic N) is 1. The lowest BCUT2D eigenvalue weighted by molar-refractivity contribution is -0.383. The molecule has 29 heavy (non-hydrogen) atoms. The summed E-state index contributed by atoms with van der Waals surface area (Å²) in [6, 6.07) is 17.2.